The number of nitrogens with one attached hydrogen (secondary N) is 1. The van der Waals surface area contributed by atoms with Crippen LogP contribution >= 0.6 is 0 Å². The maximum Gasteiger partial charge on any atom is 0.389 e. The molecule has 2 fully saturated rings. The maximum absolute atomic E-state index is 12.0. The highest BCUT2D eigenvalue weighted by atomic mass is 19.4. The minimum atomic E-state index is -4.01. The molecule has 118 valence electrons. The van der Waals surface area contributed by atoms with Gasteiger partial charge in [-0.2, -0.15) is 13.2 Å². The lowest BCUT2D eigenvalue weighted by Gasteiger charge is -2.43. The molecule has 1 saturated heterocycles. The van der Waals surface area contributed by atoms with Crippen molar-refractivity contribution in [2.24, 2.45) is 0 Å². The Bertz CT molecular complexity index is 282. The van der Waals surface area contributed by atoms with Gasteiger partial charge in [-0.05, 0) is 45.1 Å². The third-order valence-corrected chi connectivity index (χ3v) is 4.58. The summed E-state index contributed by atoms with van der Waals surface area (Å²) in [4.78, 5) is 0. The van der Waals surface area contributed by atoms with Gasteiger partial charge in [-0.1, -0.05) is 19.3 Å². The predicted molar refractivity (Wildman–Crippen MR) is 72.7 cm³/mol. The van der Waals surface area contributed by atoms with E-state index in [4.69, 9.17) is 4.74 Å². The van der Waals surface area contributed by atoms with Crippen molar-refractivity contribution in [2.75, 3.05) is 13.2 Å². The summed E-state index contributed by atoms with van der Waals surface area (Å²) < 4.78 is 42.1. The Balaban J connectivity index is 1.63. The van der Waals surface area contributed by atoms with Crippen LogP contribution in [-0.4, -0.2) is 31.0 Å². The monoisotopic (exact) mass is 293 g/mol. The number of ether oxygens (including phenoxy) is 1. The number of hydrogen-bond donors (Lipinski definition) is 1. The first-order valence-corrected chi connectivity index (χ1v) is 7.93. The Kier molecular flexibility index (Phi) is 5.73. The highest BCUT2D eigenvalue weighted by Crippen LogP contribution is 2.38. The van der Waals surface area contributed by atoms with Crippen molar-refractivity contribution in [3.63, 3.8) is 0 Å². The third-order valence-electron chi connectivity index (χ3n) is 4.58. The molecular weight excluding hydrogens is 267 g/mol. The number of halogens is 3. The van der Waals surface area contributed by atoms with Gasteiger partial charge in [0, 0.05) is 19.1 Å². The van der Waals surface area contributed by atoms with E-state index in [-0.39, 0.29) is 12.0 Å². The molecule has 1 spiro atoms. The smallest absolute Gasteiger partial charge is 0.375 e. The van der Waals surface area contributed by atoms with Crippen LogP contribution in [0.15, 0.2) is 0 Å². The molecule has 0 aromatic rings. The molecule has 0 radical (unpaired) electrons. The van der Waals surface area contributed by atoms with Crippen molar-refractivity contribution in [1.29, 1.82) is 0 Å². The van der Waals surface area contributed by atoms with Crippen molar-refractivity contribution in [1.82, 2.24) is 5.32 Å². The van der Waals surface area contributed by atoms with Crippen LogP contribution in [-0.2, 0) is 4.74 Å². The number of unbranched alkanes of at least 4 members (excludes halogenated alkanes) is 1. The van der Waals surface area contributed by atoms with Crippen LogP contribution in [0.1, 0.15) is 64.2 Å². The third kappa shape index (κ3) is 5.24. The quantitative estimate of drug-likeness (QED) is 0.767. The Morgan fingerprint density at radius 1 is 1.10 bits per heavy atom. The summed E-state index contributed by atoms with van der Waals surface area (Å²) in [6.45, 7) is 1.48. The van der Waals surface area contributed by atoms with Gasteiger partial charge in [-0.3, -0.25) is 0 Å². The van der Waals surface area contributed by atoms with Crippen LogP contribution in [0, 0.1) is 0 Å². The molecule has 0 amide bonds. The van der Waals surface area contributed by atoms with E-state index in [2.05, 4.69) is 5.32 Å². The van der Waals surface area contributed by atoms with E-state index in [0.717, 1.165) is 32.3 Å². The molecular formula is C15H26F3NO. The standard InChI is InChI=1S/C15H26F3NO/c16-15(17,18)9-4-5-10-19-13-6-11-20-14(12-13)7-2-1-3-8-14/h13,19H,1-12H2. The highest BCUT2D eigenvalue weighted by molar-refractivity contribution is 4.91. The summed E-state index contributed by atoms with van der Waals surface area (Å²) in [5, 5.41) is 3.43. The molecule has 0 aromatic heterocycles. The van der Waals surface area contributed by atoms with Crippen LogP contribution in [0.2, 0.25) is 0 Å². The van der Waals surface area contributed by atoms with Crippen molar-refractivity contribution in [3.8, 4) is 0 Å². The molecule has 20 heavy (non-hydrogen) atoms. The fourth-order valence-corrected chi connectivity index (χ4v) is 3.50. The summed E-state index contributed by atoms with van der Waals surface area (Å²) in [5.74, 6) is 0. The molecule has 1 aliphatic heterocycles. The van der Waals surface area contributed by atoms with E-state index >= 15 is 0 Å². The average Bonchev–Trinajstić information content (AvgIpc) is 2.38. The first-order chi connectivity index (χ1) is 9.49. The van der Waals surface area contributed by atoms with Crippen molar-refractivity contribution in [3.05, 3.63) is 0 Å². The Morgan fingerprint density at radius 2 is 1.85 bits per heavy atom. The molecule has 2 rings (SSSR count). The molecule has 1 N–H and O–H groups in total. The number of alkyl halides is 3. The minimum Gasteiger partial charge on any atom is -0.375 e. The zero-order valence-electron chi connectivity index (χ0n) is 12.1. The van der Waals surface area contributed by atoms with Crippen LogP contribution in [0.5, 0.6) is 0 Å². The Hall–Kier alpha value is -0.290. The van der Waals surface area contributed by atoms with Crippen LogP contribution in [0.4, 0.5) is 13.2 Å². The van der Waals surface area contributed by atoms with Gasteiger partial charge < -0.3 is 10.1 Å². The SMILES string of the molecule is FC(F)(F)CCCCNC1CCOC2(CCCCC2)C1. The fraction of sp³-hybridized carbons (Fsp3) is 1.00. The van der Waals surface area contributed by atoms with Gasteiger partial charge in [0.1, 0.15) is 0 Å². The molecule has 0 bridgehead atoms. The van der Waals surface area contributed by atoms with Gasteiger partial charge in [-0.15, -0.1) is 0 Å². The number of hydrogen-bond acceptors (Lipinski definition) is 2. The first kappa shape index (κ1) is 16.1. The molecule has 1 heterocycles. The summed E-state index contributed by atoms with van der Waals surface area (Å²) in [6.07, 6.45) is 4.29. The highest BCUT2D eigenvalue weighted by Gasteiger charge is 2.38. The van der Waals surface area contributed by atoms with Gasteiger partial charge in [-0.25, -0.2) is 0 Å². The summed E-state index contributed by atoms with van der Waals surface area (Å²) in [5.41, 5.74) is 0.0696. The lowest BCUT2D eigenvalue weighted by molar-refractivity contribution is -0.135. The molecule has 1 aliphatic carbocycles. The summed E-state index contributed by atoms with van der Waals surface area (Å²) in [7, 11) is 0. The van der Waals surface area contributed by atoms with E-state index in [1.165, 1.54) is 19.3 Å². The minimum absolute atomic E-state index is 0.0696. The van der Waals surface area contributed by atoms with E-state index in [9.17, 15) is 13.2 Å². The average molecular weight is 293 g/mol. The van der Waals surface area contributed by atoms with Crippen molar-refractivity contribution < 1.29 is 17.9 Å². The van der Waals surface area contributed by atoms with Crippen molar-refractivity contribution in [2.45, 2.75) is 82.0 Å². The normalized spacial score (nSPS) is 26.9. The topological polar surface area (TPSA) is 21.3 Å². The lowest BCUT2D eigenvalue weighted by Crippen LogP contribution is -2.48. The second-order valence-electron chi connectivity index (χ2n) is 6.31. The second-order valence-corrected chi connectivity index (χ2v) is 6.31. The molecule has 2 aliphatic rings. The zero-order chi connectivity index (χ0) is 14.5. The molecule has 0 aromatic carbocycles. The molecule has 1 unspecified atom stereocenters. The largest absolute Gasteiger partial charge is 0.389 e. The Labute approximate surface area is 119 Å². The fourth-order valence-electron chi connectivity index (χ4n) is 3.50. The zero-order valence-corrected chi connectivity index (χ0v) is 12.1. The molecule has 2 nitrogen and oxygen atoms in total. The first-order valence-electron chi connectivity index (χ1n) is 7.93. The van der Waals surface area contributed by atoms with E-state index in [1.807, 2.05) is 0 Å². The lowest BCUT2D eigenvalue weighted by atomic mass is 9.78. The van der Waals surface area contributed by atoms with E-state index in [0.29, 0.717) is 19.0 Å². The Morgan fingerprint density at radius 3 is 2.55 bits per heavy atom. The molecule has 1 saturated carbocycles. The summed E-state index contributed by atoms with van der Waals surface area (Å²) in [6, 6.07) is 0.424. The summed E-state index contributed by atoms with van der Waals surface area (Å²) >= 11 is 0. The van der Waals surface area contributed by atoms with Crippen molar-refractivity contribution >= 4 is 0 Å². The van der Waals surface area contributed by atoms with E-state index in [1.54, 1.807) is 0 Å². The van der Waals surface area contributed by atoms with E-state index < -0.39 is 12.6 Å². The van der Waals surface area contributed by atoms with Gasteiger partial charge in [0.15, 0.2) is 0 Å². The van der Waals surface area contributed by atoms with Gasteiger partial charge in [0.2, 0.25) is 0 Å². The van der Waals surface area contributed by atoms with Crippen LogP contribution in [0.25, 0.3) is 0 Å². The predicted octanol–water partition coefficient (Wildman–Crippen LogP) is 4.19. The number of rotatable bonds is 5. The molecule has 5 heteroatoms. The van der Waals surface area contributed by atoms with Gasteiger partial charge in [0.05, 0.1) is 5.60 Å². The molecule has 1 atom stereocenters. The van der Waals surface area contributed by atoms with Crippen LogP contribution < -0.4 is 5.32 Å². The maximum atomic E-state index is 12.0. The van der Waals surface area contributed by atoms with Crippen LogP contribution in [0.3, 0.4) is 0 Å². The van der Waals surface area contributed by atoms with Gasteiger partial charge in [0.25, 0.3) is 0 Å². The van der Waals surface area contributed by atoms with Gasteiger partial charge >= 0.3 is 6.18 Å². The second kappa shape index (κ2) is 7.12.